The molecule has 7 N–H and O–H groups in total. The number of thiol groups is 1. The van der Waals surface area contributed by atoms with Crippen molar-refractivity contribution in [3.05, 3.63) is 0 Å². The Morgan fingerprint density at radius 1 is 1.13 bits per heavy atom. The Bertz CT molecular complexity index is 457. The number of aliphatic hydroxyl groups excluding tert-OH is 1. The molecule has 0 aliphatic rings. The van der Waals surface area contributed by atoms with E-state index in [9.17, 15) is 24.3 Å². The second-order valence-corrected chi connectivity index (χ2v) is 5.24. The van der Waals surface area contributed by atoms with Crippen molar-refractivity contribution in [3.8, 4) is 0 Å². The highest BCUT2D eigenvalue weighted by molar-refractivity contribution is 7.80. The number of carbonyl (C=O) groups excluding carboxylic acids is 3. The van der Waals surface area contributed by atoms with Crippen LogP contribution in [0.5, 0.6) is 0 Å². The molecule has 0 aliphatic heterocycles. The molecule has 132 valence electrons. The van der Waals surface area contributed by atoms with Crippen LogP contribution in [-0.4, -0.2) is 70.4 Å². The van der Waals surface area contributed by atoms with E-state index in [0.717, 1.165) is 0 Å². The summed E-state index contributed by atoms with van der Waals surface area (Å²) in [5, 5.41) is 24.8. The van der Waals surface area contributed by atoms with E-state index in [1.807, 2.05) is 0 Å². The first-order chi connectivity index (χ1) is 10.6. The van der Waals surface area contributed by atoms with Crippen LogP contribution in [-0.2, 0) is 19.2 Å². The lowest BCUT2D eigenvalue weighted by atomic mass is 10.1. The molecule has 0 aromatic carbocycles. The molecular formula is C12H22N4O6S. The van der Waals surface area contributed by atoms with Gasteiger partial charge in [-0.3, -0.25) is 14.4 Å². The largest absolute Gasteiger partial charge is 0.480 e. The van der Waals surface area contributed by atoms with E-state index < -0.39 is 54.5 Å². The third kappa shape index (κ3) is 7.81. The summed E-state index contributed by atoms with van der Waals surface area (Å²) in [4.78, 5) is 45.7. The second kappa shape index (κ2) is 10.0. The summed E-state index contributed by atoms with van der Waals surface area (Å²) in [6, 6.07) is -3.42. The molecule has 3 amide bonds. The van der Waals surface area contributed by atoms with Gasteiger partial charge in [-0.15, -0.1) is 0 Å². The zero-order valence-electron chi connectivity index (χ0n) is 12.8. The van der Waals surface area contributed by atoms with Gasteiger partial charge in [0, 0.05) is 5.75 Å². The van der Waals surface area contributed by atoms with Crippen molar-refractivity contribution >= 4 is 36.3 Å². The fraction of sp³-hybridized carbons (Fsp3) is 0.667. The van der Waals surface area contributed by atoms with E-state index in [0.29, 0.717) is 0 Å². The lowest BCUT2D eigenvalue weighted by Crippen LogP contribution is -2.56. The number of carbonyl (C=O) groups is 4. The highest BCUT2D eigenvalue weighted by Crippen LogP contribution is 1.96. The molecule has 4 atom stereocenters. The van der Waals surface area contributed by atoms with Crippen molar-refractivity contribution in [3.63, 3.8) is 0 Å². The van der Waals surface area contributed by atoms with Gasteiger partial charge < -0.3 is 31.9 Å². The Labute approximate surface area is 138 Å². The lowest BCUT2D eigenvalue weighted by Gasteiger charge is -2.21. The van der Waals surface area contributed by atoms with Gasteiger partial charge in [0.2, 0.25) is 17.7 Å². The SMILES string of the molecule is CC(N)C(=O)NCC(=O)NC(CS)C(=O)NC(C(=O)O)C(C)O. The van der Waals surface area contributed by atoms with Crippen molar-refractivity contribution in [2.45, 2.75) is 38.1 Å². The summed E-state index contributed by atoms with van der Waals surface area (Å²) in [7, 11) is 0. The molecular weight excluding hydrogens is 328 g/mol. The van der Waals surface area contributed by atoms with Crippen molar-refractivity contribution < 1.29 is 29.4 Å². The standard InChI is InChI=1S/C12H22N4O6S/c1-5(13)10(19)14-3-8(18)15-7(4-23)11(20)16-9(6(2)17)12(21)22/h5-7,9,17,23H,3-4,13H2,1-2H3,(H,14,19)(H,15,18)(H,16,20)(H,21,22). The van der Waals surface area contributed by atoms with Crippen LogP contribution in [0.1, 0.15) is 13.8 Å². The van der Waals surface area contributed by atoms with E-state index in [2.05, 4.69) is 28.6 Å². The Kier molecular flexibility index (Phi) is 9.22. The summed E-state index contributed by atoms with van der Waals surface area (Å²) < 4.78 is 0. The first-order valence-electron chi connectivity index (χ1n) is 6.74. The van der Waals surface area contributed by atoms with Crippen LogP contribution >= 0.6 is 12.6 Å². The van der Waals surface area contributed by atoms with Crippen molar-refractivity contribution in [1.29, 1.82) is 0 Å². The van der Waals surface area contributed by atoms with Crippen LogP contribution in [0.25, 0.3) is 0 Å². The van der Waals surface area contributed by atoms with E-state index in [-0.39, 0.29) is 5.75 Å². The smallest absolute Gasteiger partial charge is 0.328 e. The summed E-state index contributed by atoms with van der Waals surface area (Å²) in [5.74, 6) is -3.54. The molecule has 0 fully saturated rings. The Hall–Kier alpha value is -1.85. The predicted molar refractivity (Wildman–Crippen MR) is 83.7 cm³/mol. The van der Waals surface area contributed by atoms with Crippen molar-refractivity contribution in [1.82, 2.24) is 16.0 Å². The Morgan fingerprint density at radius 2 is 1.70 bits per heavy atom. The fourth-order valence-electron chi connectivity index (χ4n) is 1.41. The van der Waals surface area contributed by atoms with Gasteiger partial charge in [0.15, 0.2) is 6.04 Å². The number of aliphatic carboxylic acids is 1. The number of carboxylic acid groups (broad SMARTS) is 1. The Balaban J connectivity index is 4.58. The summed E-state index contributed by atoms with van der Waals surface area (Å²) in [5.41, 5.74) is 5.31. The number of hydrogen-bond acceptors (Lipinski definition) is 7. The number of amides is 3. The average molecular weight is 350 g/mol. The molecule has 0 spiro atoms. The van der Waals surface area contributed by atoms with Gasteiger partial charge in [0.1, 0.15) is 6.04 Å². The number of aliphatic hydroxyl groups is 1. The quantitative estimate of drug-likeness (QED) is 0.215. The monoisotopic (exact) mass is 350 g/mol. The molecule has 0 radical (unpaired) electrons. The summed E-state index contributed by atoms with van der Waals surface area (Å²) in [6.07, 6.45) is -1.32. The van der Waals surface area contributed by atoms with Gasteiger partial charge in [-0.1, -0.05) is 0 Å². The maximum atomic E-state index is 11.9. The highest BCUT2D eigenvalue weighted by atomic mass is 32.1. The number of nitrogens with one attached hydrogen (secondary N) is 3. The molecule has 10 nitrogen and oxygen atoms in total. The summed E-state index contributed by atoms with van der Waals surface area (Å²) >= 11 is 3.90. The van der Waals surface area contributed by atoms with Gasteiger partial charge >= 0.3 is 5.97 Å². The van der Waals surface area contributed by atoms with Crippen LogP contribution in [0.3, 0.4) is 0 Å². The molecule has 0 aromatic rings. The number of rotatable bonds is 9. The van der Waals surface area contributed by atoms with Crippen molar-refractivity contribution in [2.24, 2.45) is 5.73 Å². The van der Waals surface area contributed by atoms with Gasteiger partial charge in [0.25, 0.3) is 0 Å². The molecule has 0 heterocycles. The molecule has 11 heteroatoms. The van der Waals surface area contributed by atoms with Gasteiger partial charge in [-0.2, -0.15) is 12.6 Å². The van der Waals surface area contributed by atoms with Crippen LogP contribution in [0, 0.1) is 0 Å². The van der Waals surface area contributed by atoms with E-state index in [1.54, 1.807) is 0 Å². The maximum absolute atomic E-state index is 11.9. The first-order valence-corrected chi connectivity index (χ1v) is 7.38. The third-order valence-corrected chi connectivity index (χ3v) is 3.08. The minimum absolute atomic E-state index is 0.106. The average Bonchev–Trinajstić information content (AvgIpc) is 2.46. The van der Waals surface area contributed by atoms with E-state index >= 15 is 0 Å². The van der Waals surface area contributed by atoms with Crippen LogP contribution in [0.15, 0.2) is 0 Å². The minimum Gasteiger partial charge on any atom is -0.480 e. The van der Waals surface area contributed by atoms with E-state index in [4.69, 9.17) is 10.8 Å². The zero-order chi connectivity index (χ0) is 18.2. The first kappa shape index (κ1) is 21.1. The maximum Gasteiger partial charge on any atom is 0.328 e. The molecule has 4 unspecified atom stereocenters. The molecule has 0 saturated carbocycles. The van der Waals surface area contributed by atoms with Crippen LogP contribution in [0.4, 0.5) is 0 Å². The molecule has 0 aromatic heterocycles. The fourth-order valence-corrected chi connectivity index (χ4v) is 1.67. The van der Waals surface area contributed by atoms with Crippen molar-refractivity contribution in [2.75, 3.05) is 12.3 Å². The number of hydrogen-bond donors (Lipinski definition) is 7. The molecule has 23 heavy (non-hydrogen) atoms. The normalized spacial score (nSPS) is 15.7. The van der Waals surface area contributed by atoms with Gasteiger partial charge in [-0.25, -0.2) is 4.79 Å². The molecule has 0 rings (SSSR count). The number of carboxylic acids is 1. The van der Waals surface area contributed by atoms with Gasteiger partial charge in [0.05, 0.1) is 18.7 Å². The summed E-state index contributed by atoms with van der Waals surface area (Å²) in [6.45, 7) is 2.26. The molecule has 0 aliphatic carbocycles. The van der Waals surface area contributed by atoms with E-state index in [1.165, 1.54) is 13.8 Å². The predicted octanol–water partition coefficient (Wildman–Crippen LogP) is -3.19. The lowest BCUT2D eigenvalue weighted by molar-refractivity contribution is -0.145. The third-order valence-electron chi connectivity index (χ3n) is 2.72. The number of nitrogens with two attached hydrogens (primary N) is 1. The van der Waals surface area contributed by atoms with Crippen LogP contribution < -0.4 is 21.7 Å². The van der Waals surface area contributed by atoms with Gasteiger partial charge in [-0.05, 0) is 13.8 Å². The zero-order valence-corrected chi connectivity index (χ0v) is 13.7. The minimum atomic E-state index is -1.51. The highest BCUT2D eigenvalue weighted by Gasteiger charge is 2.28. The second-order valence-electron chi connectivity index (χ2n) is 4.87. The topological polar surface area (TPSA) is 171 Å². The molecule has 0 saturated heterocycles. The van der Waals surface area contributed by atoms with Crippen LogP contribution in [0.2, 0.25) is 0 Å². The molecule has 0 bridgehead atoms. The Morgan fingerprint density at radius 3 is 2.09 bits per heavy atom.